The largest absolute Gasteiger partial charge is 0.417 e. The molecule has 3 aromatic carbocycles. The molecule has 0 spiro atoms. The summed E-state index contributed by atoms with van der Waals surface area (Å²) in [4.78, 5) is 0. The lowest BCUT2D eigenvalue weighted by Gasteiger charge is -2.34. The van der Waals surface area contributed by atoms with E-state index in [4.69, 9.17) is 0 Å². The number of rotatable bonds is 0. The third kappa shape index (κ3) is 1.93. The molecule has 0 saturated carbocycles. The van der Waals surface area contributed by atoms with Crippen LogP contribution in [0.25, 0.3) is 27.6 Å². The van der Waals surface area contributed by atoms with Crippen molar-refractivity contribution >= 4 is 27.6 Å². The van der Waals surface area contributed by atoms with E-state index in [1.54, 1.807) is 12.1 Å². The number of aryl methyl sites for hydroxylation is 1. The number of hydrogen-bond acceptors (Lipinski definition) is 0. The lowest BCUT2D eigenvalue weighted by Crippen LogP contribution is -2.28. The van der Waals surface area contributed by atoms with Gasteiger partial charge in [0, 0.05) is 0 Å². The van der Waals surface area contributed by atoms with Crippen LogP contribution < -0.4 is 5.22 Å². The molecule has 0 saturated heterocycles. The second-order valence-electron chi connectivity index (χ2n) is 7.58. The molecule has 0 N–H and O–H groups in total. The van der Waals surface area contributed by atoms with Crippen LogP contribution in [0.3, 0.4) is 0 Å². The summed E-state index contributed by atoms with van der Waals surface area (Å²) in [5.41, 5.74) is 1.50. The molecule has 1 unspecified atom stereocenters. The Morgan fingerprint density at radius 2 is 1.67 bits per heavy atom. The summed E-state index contributed by atoms with van der Waals surface area (Å²) in [5.74, 6) is 0.258. The second-order valence-corrected chi connectivity index (χ2v) is 7.58. The lowest BCUT2D eigenvalue weighted by atomic mass is 9.69. The van der Waals surface area contributed by atoms with Crippen LogP contribution in [0, 0.1) is 12.3 Å². The predicted molar refractivity (Wildman–Crippen MR) is 93.1 cm³/mol. The highest BCUT2D eigenvalue weighted by molar-refractivity contribution is 6.13. The van der Waals surface area contributed by atoms with E-state index in [2.05, 4.69) is 32.9 Å². The normalized spacial score (nSPS) is 19.7. The van der Waals surface area contributed by atoms with Crippen molar-refractivity contribution < 1.29 is 13.2 Å². The van der Waals surface area contributed by atoms with Gasteiger partial charge in [-0.15, -0.1) is 0 Å². The van der Waals surface area contributed by atoms with E-state index < -0.39 is 11.7 Å². The maximum Gasteiger partial charge on any atom is 0.417 e. The van der Waals surface area contributed by atoms with Crippen molar-refractivity contribution in [3.05, 3.63) is 52.2 Å². The number of benzene rings is 3. The van der Waals surface area contributed by atoms with Gasteiger partial charge in [-0.25, -0.2) is 0 Å². The van der Waals surface area contributed by atoms with Gasteiger partial charge in [-0.3, -0.25) is 0 Å². The summed E-state index contributed by atoms with van der Waals surface area (Å²) >= 11 is 0. The highest BCUT2D eigenvalue weighted by Gasteiger charge is 2.35. The van der Waals surface area contributed by atoms with Gasteiger partial charge >= 0.3 is 6.18 Å². The van der Waals surface area contributed by atoms with Crippen molar-refractivity contribution in [2.75, 3.05) is 0 Å². The molecule has 1 atom stereocenters. The van der Waals surface area contributed by atoms with E-state index in [0.717, 1.165) is 32.5 Å². The molecular weight excluding hydrogens is 309 g/mol. The van der Waals surface area contributed by atoms with Crippen LogP contribution in [0.4, 0.5) is 13.2 Å². The van der Waals surface area contributed by atoms with Crippen LogP contribution in [0.1, 0.15) is 43.4 Å². The number of alkyl halides is 3. The van der Waals surface area contributed by atoms with E-state index in [9.17, 15) is 13.2 Å². The Kier molecular flexibility index (Phi) is 2.92. The third-order valence-corrected chi connectivity index (χ3v) is 5.72. The molecule has 0 radical (unpaired) electrons. The van der Waals surface area contributed by atoms with Crippen molar-refractivity contribution in [2.24, 2.45) is 5.41 Å². The Labute approximate surface area is 139 Å². The predicted octanol–water partition coefficient (Wildman–Crippen LogP) is 5.96. The Morgan fingerprint density at radius 1 is 1.00 bits per heavy atom. The van der Waals surface area contributed by atoms with Gasteiger partial charge in [0.15, 0.2) is 0 Å². The summed E-state index contributed by atoms with van der Waals surface area (Å²) in [5, 5.41) is 4.03. The second kappa shape index (κ2) is 4.53. The van der Waals surface area contributed by atoms with Gasteiger partial charge in [-0.1, -0.05) is 51.1 Å². The number of halogens is 3. The van der Waals surface area contributed by atoms with Crippen molar-refractivity contribution in [3.8, 4) is 0 Å². The first-order valence-electron chi connectivity index (χ1n) is 8.20. The molecule has 4 rings (SSSR count). The highest BCUT2D eigenvalue weighted by atomic mass is 19.4. The standard InChI is InChI=1S/C21H19F3/c1-11-9-15-17(21(22,23)24)8-6-13-5-7-14-12(2)20(3,4)10-16(11)19(14)18(13)15/h5-10,12H,1-4H3. The summed E-state index contributed by atoms with van der Waals surface area (Å²) in [6.07, 6.45) is -2.11. The SMILES string of the molecule is Cc1cc2c(C(F)(F)F)ccc3ccc4c(c1=CC(C)(C)C4C)c32. The Hall–Kier alpha value is -2.03. The zero-order chi connectivity index (χ0) is 17.4. The monoisotopic (exact) mass is 328 g/mol. The first kappa shape index (κ1) is 15.5. The van der Waals surface area contributed by atoms with Gasteiger partial charge in [-0.05, 0) is 62.2 Å². The molecule has 0 aliphatic heterocycles. The molecule has 3 heteroatoms. The molecular formula is C21H19F3. The van der Waals surface area contributed by atoms with Crippen LogP contribution >= 0.6 is 0 Å². The zero-order valence-electron chi connectivity index (χ0n) is 14.2. The van der Waals surface area contributed by atoms with E-state index in [1.807, 2.05) is 13.0 Å². The molecule has 24 heavy (non-hydrogen) atoms. The minimum Gasteiger partial charge on any atom is -0.166 e. The first-order chi connectivity index (χ1) is 11.1. The molecule has 0 heterocycles. The fourth-order valence-corrected chi connectivity index (χ4v) is 4.08. The minimum atomic E-state index is -4.34. The summed E-state index contributed by atoms with van der Waals surface area (Å²) < 4.78 is 40.5. The van der Waals surface area contributed by atoms with Crippen LogP contribution in [0.2, 0.25) is 0 Å². The fraction of sp³-hybridized carbons (Fsp3) is 0.333. The molecule has 124 valence electrons. The Morgan fingerprint density at radius 3 is 2.33 bits per heavy atom. The first-order valence-corrected chi connectivity index (χ1v) is 8.20. The van der Waals surface area contributed by atoms with Crippen LogP contribution in [0.15, 0.2) is 30.3 Å². The molecule has 0 bridgehead atoms. The van der Waals surface area contributed by atoms with Crippen molar-refractivity contribution in [2.45, 2.75) is 39.8 Å². The lowest BCUT2D eigenvalue weighted by molar-refractivity contribution is -0.136. The molecule has 0 amide bonds. The molecule has 1 aliphatic rings. The van der Waals surface area contributed by atoms with Gasteiger partial charge in [-0.2, -0.15) is 13.2 Å². The van der Waals surface area contributed by atoms with Crippen LogP contribution in [0.5, 0.6) is 0 Å². The maximum atomic E-state index is 13.5. The molecule has 0 nitrogen and oxygen atoms in total. The summed E-state index contributed by atoms with van der Waals surface area (Å²) in [7, 11) is 0. The number of hydrogen-bond donors (Lipinski definition) is 0. The third-order valence-electron chi connectivity index (χ3n) is 5.72. The maximum absolute atomic E-state index is 13.5. The molecule has 1 aliphatic carbocycles. The molecule has 0 fully saturated rings. The van der Waals surface area contributed by atoms with E-state index in [1.165, 1.54) is 6.07 Å². The average Bonchev–Trinajstić information content (AvgIpc) is 2.48. The van der Waals surface area contributed by atoms with Crippen molar-refractivity contribution in [3.63, 3.8) is 0 Å². The van der Waals surface area contributed by atoms with Crippen molar-refractivity contribution in [1.29, 1.82) is 0 Å². The van der Waals surface area contributed by atoms with E-state index in [-0.39, 0.29) is 11.3 Å². The quantitative estimate of drug-likeness (QED) is 0.477. The van der Waals surface area contributed by atoms with Crippen LogP contribution in [-0.4, -0.2) is 0 Å². The fourth-order valence-electron chi connectivity index (χ4n) is 4.08. The van der Waals surface area contributed by atoms with Gasteiger partial charge in [0.05, 0.1) is 5.56 Å². The van der Waals surface area contributed by atoms with Crippen molar-refractivity contribution in [1.82, 2.24) is 0 Å². The van der Waals surface area contributed by atoms with Gasteiger partial charge in [0.25, 0.3) is 0 Å². The van der Waals surface area contributed by atoms with E-state index >= 15 is 0 Å². The van der Waals surface area contributed by atoms with Gasteiger partial charge in [0.2, 0.25) is 0 Å². The molecule has 3 aromatic rings. The average molecular weight is 328 g/mol. The Bertz CT molecular complexity index is 1040. The smallest absolute Gasteiger partial charge is 0.166 e. The van der Waals surface area contributed by atoms with Gasteiger partial charge < -0.3 is 0 Å². The highest BCUT2D eigenvalue weighted by Crippen LogP contribution is 2.45. The zero-order valence-corrected chi connectivity index (χ0v) is 14.2. The minimum absolute atomic E-state index is 0.0236. The van der Waals surface area contributed by atoms with Gasteiger partial charge in [0.1, 0.15) is 0 Å². The molecule has 0 aromatic heterocycles. The summed E-state index contributed by atoms with van der Waals surface area (Å²) in [6.45, 7) is 8.45. The van der Waals surface area contributed by atoms with E-state index in [0.29, 0.717) is 5.39 Å². The summed E-state index contributed by atoms with van der Waals surface area (Å²) in [6, 6.07) is 8.56. The Balaban J connectivity index is 2.31. The topological polar surface area (TPSA) is 0 Å². The van der Waals surface area contributed by atoms with Crippen LogP contribution in [-0.2, 0) is 6.18 Å².